The Labute approximate surface area is 146 Å². The number of rotatable bonds is 4. The molecule has 0 bridgehead atoms. The van der Waals surface area contributed by atoms with Crippen molar-refractivity contribution in [2.75, 3.05) is 0 Å². The molecule has 0 radical (unpaired) electrons. The van der Waals surface area contributed by atoms with E-state index in [2.05, 4.69) is 39.9 Å². The second kappa shape index (κ2) is 6.34. The maximum Gasteiger partial charge on any atom is 0.226 e. The van der Waals surface area contributed by atoms with Crippen molar-refractivity contribution in [2.24, 2.45) is 0 Å². The van der Waals surface area contributed by atoms with Gasteiger partial charge in [-0.05, 0) is 30.6 Å². The van der Waals surface area contributed by atoms with Crippen LogP contribution in [0.4, 0.5) is 0 Å². The summed E-state index contributed by atoms with van der Waals surface area (Å²) in [5, 5.41) is 9.89. The first-order valence-electron chi connectivity index (χ1n) is 8.45. The summed E-state index contributed by atoms with van der Waals surface area (Å²) in [6.45, 7) is 13.1. The smallest absolute Gasteiger partial charge is 0.226 e. The zero-order chi connectivity index (χ0) is 18.2. The average Bonchev–Trinajstić information content (AvgIpc) is 2.72. The molecule has 4 nitrogen and oxygen atoms in total. The number of hydrogen-bond donors (Lipinski definition) is 0. The second-order valence-electron chi connectivity index (χ2n) is 8.30. The van der Waals surface area contributed by atoms with Gasteiger partial charge in [0, 0.05) is 6.54 Å². The van der Waals surface area contributed by atoms with Gasteiger partial charge in [-0.2, -0.15) is 5.26 Å². The Morgan fingerprint density at radius 3 is 2.42 bits per heavy atom. The van der Waals surface area contributed by atoms with Crippen LogP contribution in [0.15, 0.2) is 30.3 Å². The third-order valence-corrected chi connectivity index (χ3v) is 9.99. The molecule has 1 aliphatic rings. The first kappa shape index (κ1) is 18.7. The van der Waals surface area contributed by atoms with E-state index in [-0.39, 0.29) is 23.5 Å². The Hall–Kier alpha value is -1.64. The molecule has 0 aromatic heterocycles. The average molecular weight is 345 g/mol. The van der Waals surface area contributed by atoms with E-state index < -0.39 is 13.9 Å². The molecule has 2 rings (SSSR count). The fourth-order valence-electron chi connectivity index (χ4n) is 2.74. The summed E-state index contributed by atoms with van der Waals surface area (Å²) in [4.78, 5) is 14.3. The van der Waals surface area contributed by atoms with Gasteiger partial charge in [0.05, 0.1) is 18.6 Å². The van der Waals surface area contributed by atoms with Crippen LogP contribution >= 0.6 is 0 Å². The second-order valence-corrected chi connectivity index (χ2v) is 13.1. The van der Waals surface area contributed by atoms with Gasteiger partial charge in [-0.25, -0.2) is 0 Å². The van der Waals surface area contributed by atoms with Crippen LogP contribution in [-0.4, -0.2) is 30.8 Å². The van der Waals surface area contributed by atoms with E-state index in [0.29, 0.717) is 6.54 Å². The zero-order valence-electron chi connectivity index (χ0n) is 15.6. The topological polar surface area (TPSA) is 53.3 Å². The molecule has 1 aromatic carbocycles. The SMILES string of the molecule is CC1(C#N)[C@@H](O[Si](C)(C)C(C)(C)C)CC(=O)N1Cc1ccccc1. The van der Waals surface area contributed by atoms with Gasteiger partial charge in [-0.1, -0.05) is 51.1 Å². The van der Waals surface area contributed by atoms with Gasteiger partial charge in [0.1, 0.15) is 0 Å². The maximum atomic E-state index is 12.6. The highest BCUT2D eigenvalue weighted by Crippen LogP contribution is 2.42. The molecule has 0 saturated carbocycles. The van der Waals surface area contributed by atoms with Gasteiger partial charge >= 0.3 is 0 Å². The van der Waals surface area contributed by atoms with Gasteiger partial charge in [0.15, 0.2) is 13.9 Å². The lowest BCUT2D eigenvalue weighted by molar-refractivity contribution is -0.130. The van der Waals surface area contributed by atoms with Crippen LogP contribution < -0.4 is 0 Å². The molecular formula is C19H28N2O2Si. The van der Waals surface area contributed by atoms with Crippen LogP contribution in [0.3, 0.4) is 0 Å². The van der Waals surface area contributed by atoms with Crippen molar-refractivity contribution in [3.05, 3.63) is 35.9 Å². The van der Waals surface area contributed by atoms with E-state index >= 15 is 0 Å². The summed E-state index contributed by atoms with van der Waals surface area (Å²) in [7, 11) is -2.06. The van der Waals surface area contributed by atoms with Crippen molar-refractivity contribution < 1.29 is 9.22 Å². The van der Waals surface area contributed by atoms with E-state index in [9.17, 15) is 10.1 Å². The fourth-order valence-corrected chi connectivity index (χ4v) is 4.12. The minimum absolute atomic E-state index is 0.00777. The molecule has 1 saturated heterocycles. The van der Waals surface area contributed by atoms with Gasteiger partial charge in [-0.15, -0.1) is 0 Å². The van der Waals surface area contributed by atoms with Gasteiger partial charge in [0.2, 0.25) is 5.91 Å². The van der Waals surface area contributed by atoms with Crippen molar-refractivity contribution in [2.45, 2.75) is 70.4 Å². The first-order chi connectivity index (χ1) is 11.0. The highest BCUT2D eigenvalue weighted by atomic mass is 28.4. The Morgan fingerprint density at radius 2 is 1.92 bits per heavy atom. The predicted octanol–water partition coefficient (Wildman–Crippen LogP) is 4.09. The number of hydrogen-bond acceptors (Lipinski definition) is 3. The van der Waals surface area contributed by atoms with E-state index in [0.717, 1.165) is 5.56 Å². The monoisotopic (exact) mass is 344 g/mol. The Morgan fingerprint density at radius 1 is 1.33 bits per heavy atom. The van der Waals surface area contributed by atoms with Crippen LogP contribution in [-0.2, 0) is 15.8 Å². The minimum atomic E-state index is -2.06. The van der Waals surface area contributed by atoms with Gasteiger partial charge in [-0.3, -0.25) is 4.79 Å². The lowest BCUT2D eigenvalue weighted by Crippen LogP contribution is -2.53. The first-order valence-corrected chi connectivity index (χ1v) is 11.4. The maximum absolute atomic E-state index is 12.6. The van der Waals surface area contributed by atoms with E-state index in [1.165, 1.54) is 0 Å². The minimum Gasteiger partial charge on any atom is -0.410 e. The molecule has 1 amide bonds. The molecule has 0 spiro atoms. The number of carbonyl (C=O) groups is 1. The molecule has 1 aliphatic heterocycles. The number of likely N-dealkylation sites (tertiary alicyclic amines) is 1. The third kappa shape index (κ3) is 3.40. The molecule has 130 valence electrons. The van der Waals surface area contributed by atoms with Gasteiger partial charge in [0.25, 0.3) is 0 Å². The highest BCUT2D eigenvalue weighted by Gasteiger charge is 2.54. The summed E-state index contributed by atoms with van der Waals surface area (Å²) >= 11 is 0. The van der Waals surface area contributed by atoms with Crippen LogP contribution in [0.1, 0.15) is 39.7 Å². The summed E-state index contributed by atoms with van der Waals surface area (Å²) < 4.78 is 6.46. The number of nitrogens with zero attached hydrogens (tertiary/aromatic N) is 2. The molecule has 5 heteroatoms. The normalized spacial score (nSPS) is 25.0. The fraction of sp³-hybridized carbons (Fsp3) is 0.579. The Balaban J connectivity index is 2.27. The van der Waals surface area contributed by atoms with E-state index in [1.54, 1.807) is 4.90 Å². The van der Waals surface area contributed by atoms with Crippen LogP contribution in [0, 0.1) is 11.3 Å². The Bertz CT molecular complexity index is 646. The highest BCUT2D eigenvalue weighted by molar-refractivity contribution is 6.74. The molecule has 1 aromatic rings. The van der Waals surface area contributed by atoms with E-state index in [1.807, 2.05) is 37.3 Å². The van der Waals surface area contributed by atoms with Crippen molar-refractivity contribution in [3.8, 4) is 6.07 Å². The van der Waals surface area contributed by atoms with Crippen LogP contribution in [0.5, 0.6) is 0 Å². The molecule has 0 N–H and O–H groups in total. The van der Waals surface area contributed by atoms with E-state index in [4.69, 9.17) is 4.43 Å². The molecule has 24 heavy (non-hydrogen) atoms. The predicted molar refractivity (Wildman–Crippen MR) is 97.7 cm³/mol. The number of nitriles is 1. The van der Waals surface area contributed by atoms with Gasteiger partial charge < -0.3 is 9.33 Å². The molecule has 1 unspecified atom stereocenters. The number of carbonyl (C=O) groups excluding carboxylic acids is 1. The lowest BCUT2D eigenvalue weighted by atomic mass is 9.97. The molecular weight excluding hydrogens is 316 g/mol. The summed E-state index contributed by atoms with van der Waals surface area (Å²) in [5.41, 5.74) is 0.0999. The van der Waals surface area contributed by atoms with Crippen LogP contribution in [0.25, 0.3) is 0 Å². The summed E-state index contributed by atoms with van der Waals surface area (Å²) in [5.74, 6) is -0.00777. The standard InChI is InChI=1S/C19H28N2O2Si/c1-18(2,3)24(5,6)23-16-12-17(22)21(19(16,4)14-20)13-15-10-8-7-9-11-15/h7-11,16H,12-13H2,1-6H3/t16-,19?/m0/s1. The quantitative estimate of drug-likeness (QED) is 0.773. The lowest BCUT2D eigenvalue weighted by Gasteiger charge is -2.42. The van der Waals surface area contributed by atoms with Crippen molar-refractivity contribution in [1.29, 1.82) is 5.26 Å². The summed E-state index contributed by atoms with van der Waals surface area (Å²) in [6, 6.07) is 12.2. The van der Waals surface area contributed by atoms with Crippen molar-refractivity contribution in [1.82, 2.24) is 4.90 Å². The zero-order valence-corrected chi connectivity index (χ0v) is 16.6. The Kier molecular flexibility index (Phi) is 4.94. The van der Waals surface area contributed by atoms with Crippen molar-refractivity contribution in [3.63, 3.8) is 0 Å². The largest absolute Gasteiger partial charge is 0.410 e. The number of benzene rings is 1. The molecule has 1 heterocycles. The molecule has 0 aliphatic carbocycles. The third-order valence-electron chi connectivity index (χ3n) is 5.50. The van der Waals surface area contributed by atoms with Crippen LogP contribution in [0.2, 0.25) is 18.1 Å². The molecule has 1 fully saturated rings. The van der Waals surface area contributed by atoms with Crippen molar-refractivity contribution >= 4 is 14.2 Å². The molecule has 2 atom stereocenters. The summed E-state index contributed by atoms with van der Waals surface area (Å²) in [6.07, 6.45) is -0.0942. The number of amides is 1.